The Balaban J connectivity index is 2.87. The third-order valence-electron chi connectivity index (χ3n) is 1.34. The Kier molecular flexibility index (Phi) is 8.85. The molecule has 0 fully saturated rings. The molecule has 0 saturated heterocycles. The molecular weight excluding hydrogens is 178 g/mol. The van der Waals surface area contributed by atoms with Gasteiger partial charge in [0.25, 0.3) is 0 Å². The minimum Gasteiger partial charge on any atom is -0.375 e. The molecule has 6 heteroatoms. The van der Waals surface area contributed by atoms with E-state index >= 15 is 0 Å². The summed E-state index contributed by atoms with van der Waals surface area (Å²) in [6.07, 6.45) is 1.58. The largest absolute Gasteiger partial charge is 0.375 e. The molecule has 0 amide bonds. The van der Waals surface area contributed by atoms with Crippen LogP contribution in [0.25, 0.3) is 0 Å². The molecule has 0 atom stereocenters. The zero-order valence-electron chi connectivity index (χ0n) is 7.48. The van der Waals surface area contributed by atoms with E-state index in [1.54, 1.807) is 0 Å². The van der Waals surface area contributed by atoms with Crippen molar-refractivity contribution in [3.8, 4) is 0 Å². The Bertz CT molecular complexity index is 130. The summed E-state index contributed by atoms with van der Waals surface area (Å²) in [5, 5.41) is 18.1. The molecule has 6 nitrogen and oxygen atoms in total. The third-order valence-corrected chi connectivity index (χ3v) is 1.34. The molecule has 0 unspecified atom stereocenters. The Morgan fingerprint density at radius 2 is 1.77 bits per heavy atom. The van der Waals surface area contributed by atoms with Crippen LogP contribution in [0.15, 0.2) is 0 Å². The van der Waals surface area contributed by atoms with Gasteiger partial charge < -0.3 is 14.6 Å². The lowest BCUT2D eigenvalue weighted by atomic mass is 10.3. The number of nitrogens with zero attached hydrogens (tertiary/aromatic N) is 1. The van der Waals surface area contributed by atoms with Crippen molar-refractivity contribution >= 4 is 0 Å². The van der Waals surface area contributed by atoms with Gasteiger partial charge in [-0.2, -0.15) is 0 Å². The number of rotatable bonds is 9. The van der Waals surface area contributed by atoms with Crippen molar-refractivity contribution in [2.75, 3.05) is 33.2 Å². The van der Waals surface area contributed by atoms with Gasteiger partial charge in [0, 0.05) is 18.1 Å². The number of nitro groups is 1. The van der Waals surface area contributed by atoms with Crippen LogP contribution in [0.1, 0.15) is 12.8 Å². The van der Waals surface area contributed by atoms with Crippen LogP contribution in [0.4, 0.5) is 0 Å². The highest BCUT2D eigenvalue weighted by Gasteiger charge is 1.95. The van der Waals surface area contributed by atoms with Crippen LogP contribution in [-0.4, -0.2) is 43.2 Å². The molecule has 0 heterocycles. The lowest BCUT2D eigenvalue weighted by Crippen LogP contribution is -2.09. The molecule has 0 rings (SSSR count). The van der Waals surface area contributed by atoms with Crippen LogP contribution < -0.4 is 0 Å². The van der Waals surface area contributed by atoms with Gasteiger partial charge in [-0.3, -0.25) is 10.1 Å². The molecule has 0 aromatic heterocycles. The molecular formula is C7H15NO5. The average Bonchev–Trinajstić information content (AvgIpc) is 2.09. The first-order valence-electron chi connectivity index (χ1n) is 4.15. The fraction of sp³-hybridized carbons (Fsp3) is 1.00. The SMILES string of the molecule is O=[N+]([O-])CCOCCCCOCO. The number of hydrogen-bond donors (Lipinski definition) is 1. The molecule has 0 aromatic rings. The molecule has 0 bridgehead atoms. The normalized spacial score (nSPS) is 10.2. The van der Waals surface area contributed by atoms with E-state index in [4.69, 9.17) is 9.84 Å². The van der Waals surface area contributed by atoms with Crippen LogP contribution in [-0.2, 0) is 9.47 Å². The summed E-state index contributed by atoms with van der Waals surface area (Å²) in [6.45, 7) is 0.751. The van der Waals surface area contributed by atoms with Gasteiger partial charge in [-0.05, 0) is 12.8 Å². The number of aliphatic hydroxyl groups excluding tert-OH is 1. The highest BCUT2D eigenvalue weighted by molar-refractivity contribution is 4.37. The van der Waals surface area contributed by atoms with Gasteiger partial charge in [0.15, 0.2) is 0 Å². The second-order valence-corrected chi connectivity index (χ2v) is 2.41. The predicted octanol–water partition coefficient (Wildman–Crippen LogP) is 0.0263. The second kappa shape index (κ2) is 9.37. The van der Waals surface area contributed by atoms with Gasteiger partial charge in [0.05, 0.1) is 0 Å². The van der Waals surface area contributed by atoms with Gasteiger partial charge >= 0.3 is 0 Å². The Morgan fingerprint density at radius 3 is 2.31 bits per heavy atom. The predicted molar refractivity (Wildman–Crippen MR) is 45.0 cm³/mol. The Hall–Kier alpha value is -0.720. The summed E-state index contributed by atoms with van der Waals surface area (Å²) in [7, 11) is 0. The minimum absolute atomic E-state index is 0.146. The number of ether oxygens (including phenoxy) is 2. The summed E-state index contributed by atoms with van der Waals surface area (Å²) < 4.78 is 9.63. The van der Waals surface area contributed by atoms with Gasteiger partial charge in [0.2, 0.25) is 6.54 Å². The molecule has 0 aliphatic rings. The maximum Gasteiger partial charge on any atom is 0.226 e. The molecule has 13 heavy (non-hydrogen) atoms. The van der Waals surface area contributed by atoms with Crippen molar-refractivity contribution in [2.45, 2.75) is 12.8 Å². The topological polar surface area (TPSA) is 81.8 Å². The first-order valence-corrected chi connectivity index (χ1v) is 4.15. The first-order chi connectivity index (χ1) is 6.27. The van der Waals surface area contributed by atoms with Gasteiger partial charge in [0.1, 0.15) is 13.4 Å². The summed E-state index contributed by atoms with van der Waals surface area (Å²) in [4.78, 5) is 9.44. The molecule has 0 radical (unpaired) electrons. The van der Waals surface area contributed by atoms with Gasteiger partial charge in [-0.15, -0.1) is 0 Å². The molecule has 1 N–H and O–H groups in total. The summed E-state index contributed by atoms with van der Waals surface area (Å²) in [6, 6.07) is 0. The van der Waals surface area contributed by atoms with E-state index in [2.05, 4.69) is 4.74 Å². The minimum atomic E-state index is -0.408. The molecule has 0 spiro atoms. The fourth-order valence-corrected chi connectivity index (χ4v) is 0.714. The monoisotopic (exact) mass is 193 g/mol. The van der Waals surface area contributed by atoms with Gasteiger partial charge in [-0.1, -0.05) is 0 Å². The van der Waals surface area contributed by atoms with Crippen molar-refractivity contribution in [3.63, 3.8) is 0 Å². The van der Waals surface area contributed by atoms with Crippen molar-refractivity contribution in [3.05, 3.63) is 10.1 Å². The quantitative estimate of drug-likeness (QED) is 0.242. The first kappa shape index (κ1) is 12.3. The summed E-state index contributed by atoms with van der Waals surface area (Å²) in [5.74, 6) is 0. The van der Waals surface area contributed by atoms with E-state index in [-0.39, 0.29) is 19.9 Å². The van der Waals surface area contributed by atoms with Gasteiger partial charge in [-0.25, -0.2) is 0 Å². The third kappa shape index (κ3) is 11.3. The standard InChI is InChI=1S/C7H15NO5/c9-7-13-5-2-1-4-12-6-3-8(10)11/h9H,1-7H2. The van der Waals surface area contributed by atoms with Crippen molar-refractivity contribution < 1.29 is 19.5 Å². The van der Waals surface area contributed by atoms with E-state index in [0.717, 1.165) is 12.8 Å². The Labute approximate surface area is 76.6 Å². The Morgan fingerprint density at radius 1 is 1.15 bits per heavy atom. The van der Waals surface area contributed by atoms with Crippen LogP contribution in [0, 0.1) is 10.1 Å². The van der Waals surface area contributed by atoms with Crippen molar-refractivity contribution in [1.82, 2.24) is 0 Å². The van der Waals surface area contributed by atoms with E-state index < -0.39 is 4.92 Å². The lowest BCUT2D eigenvalue weighted by molar-refractivity contribution is -0.483. The molecule has 0 aromatic carbocycles. The molecule has 0 aliphatic heterocycles. The van der Waals surface area contributed by atoms with E-state index in [1.165, 1.54) is 0 Å². The zero-order valence-corrected chi connectivity index (χ0v) is 7.48. The summed E-state index contributed by atoms with van der Waals surface area (Å²) in [5.41, 5.74) is 0. The maximum absolute atomic E-state index is 9.85. The fourth-order valence-electron chi connectivity index (χ4n) is 0.714. The van der Waals surface area contributed by atoms with Crippen LogP contribution in [0.2, 0.25) is 0 Å². The number of aliphatic hydroxyl groups is 1. The van der Waals surface area contributed by atoms with E-state index in [9.17, 15) is 10.1 Å². The van der Waals surface area contributed by atoms with Crippen molar-refractivity contribution in [2.24, 2.45) is 0 Å². The maximum atomic E-state index is 9.85. The van der Waals surface area contributed by atoms with E-state index in [0.29, 0.717) is 13.2 Å². The second-order valence-electron chi connectivity index (χ2n) is 2.41. The lowest BCUT2D eigenvalue weighted by Gasteiger charge is -2.01. The number of unbranched alkanes of at least 4 members (excludes halogenated alkanes) is 1. The van der Waals surface area contributed by atoms with Crippen LogP contribution in [0.5, 0.6) is 0 Å². The molecule has 0 saturated carbocycles. The summed E-state index contributed by atoms with van der Waals surface area (Å²) >= 11 is 0. The van der Waals surface area contributed by atoms with Crippen molar-refractivity contribution in [1.29, 1.82) is 0 Å². The molecule has 0 aliphatic carbocycles. The average molecular weight is 193 g/mol. The smallest absolute Gasteiger partial charge is 0.226 e. The van der Waals surface area contributed by atoms with Crippen LogP contribution in [0.3, 0.4) is 0 Å². The zero-order chi connectivity index (χ0) is 9.94. The van der Waals surface area contributed by atoms with Crippen LogP contribution >= 0.6 is 0 Å². The highest BCUT2D eigenvalue weighted by atomic mass is 16.6. The number of hydrogen-bond acceptors (Lipinski definition) is 5. The molecule has 78 valence electrons. The van der Waals surface area contributed by atoms with E-state index in [1.807, 2.05) is 0 Å². The highest BCUT2D eigenvalue weighted by Crippen LogP contribution is 1.90.